The van der Waals surface area contributed by atoms with Crippen LogP contribution < -0.4 is 10.6 Å². The van der Waals surface area contributed by atoms with Gasteiger partial charge >= 0.3 is 0 Å². The third-order valence-corrected chi connectivity index (χ3v) is 5.71. The van der Waals surface area contributed by atoms with E-state index in [0.717, 1.165) is 43.0 Å². The zero-order valence-corrected chi connectivity index (χ0v) is 17.0. The third-order valence-electron chi connectivity index (χ3n) is 5.45. The molecular formula is C20H20ClN7O. The largest absolute Gasteiger partial charge is 0.307 e. The number of rotatable bonds is 2. The lowest BCUT2D eigenvalue weighted by atomic mass is 10.1. The van der Waals surface area contributed by atoms with Gasteiger partial charge in [0.25, 0.3) is 5.56 Å². The first-order valence-electron chi connectivity index (χ1n) is 9.50. The van der Waals surface area contributed by atoms with Crippen molar-refractivity contribution in [1.82, 2.24) is 29.4 Å². The topological polar surface area (TPSA) is 71.6 Å². The van der Waals surface area contributed by atoms with E-state index in [9.17, 15) is 4.79 Å². The van der Waals surface area contributed by atoms with Crippen molar-refractivity contribution in [2.75, 3.05) is 38.2 Å². The molecule has 0 aliphatic carbocycles. The van der Waals surface area contributed by atoms with Gasteiger partial charge < -0.3 is 9.91 Å². The maximum Gasteiger partial charge on any atom is 0.298 e. The molecule has 0 N–H and O–H groups in total. The summed E-state index contributed by atoms with van der Waals surface area (Å²) < 4.78 is 3.35. The third kappa shape index (κ3) is 2.95. The number of benzene rings is 1. The SMILES string of the molecule is Cc1nn2c(nnc3c(=O)n(N4CCN(C)CC4)ccc32)c1-c1ccc(Cl)cc1. The lowest BCUT2D eigenvalue weighted by molar-refractivity contribution is 0.286. The number of fused-ring (bicyclic) bond motifs is 3. The molecule has 1 aliphatic rings. The van der Waals surface area contributed by atoms with Crippen LogP contribution in [0.25, 0.3) is 27.8 Å². The van der Waals surface area contributed by atoms with Crippen LogP contribution in [0.3, 0.4) is 0 Å². The fourth-order valence-corrected chi connectivity index (χ4v) is 3.96. The highest BCUT2D eigenvalue weighted by Crippen LogP contribution is 2.29. The maximum absolute atomic E-state index is 13.1. The highest BCUT2D eigenvalue weighted by molar-refractivity contribution is 6.30. The zero-order chi connectivity index (χ0) is 20.1. The van der Waals surface area contributed by atoms with Gasteiger partial charge in [-0.25, -0.2) is 9.19 Å². The average molecular weight is 410 g/mol. The van der Waals surface area contributed by atoms with Gasteiger partial charge in [0.15, 0.2) is 11.2 Å². The molecule has 8 nitrogen and oxygen atoms in total. The van der Waals surface area contributed by atoms with Crippen LogP contribution in [0.1, 0.15) is 5.69 Å². The fraction of sp³-hybridized carbons (Fsp3) is 0.300. The number of nitrogens with zero attached hydrogens (tertiary/aromatic N) is 7. The molecule has 0 unspecified atom stereocenters. The predicted molar refractivity (Wildman–Crippen MR) is 113 cm³/mol. The first kappa shape index (κ1) is 18.1. The van der Waals surface area contributed by atoms with Crippen molar-refractivity contribution in [3.8, 4) is 11.1 Å². The maximum atomic E-state index is 13.1. The molecule has 1 saturated heterocycles. The molecule has 4 heterocycles. The molecular weight excluding hydrogens is 390 g/mol. The lowest BCUT2D eigenvalue weighted by Gasteiger charge is -2.34. The number of aromatic nitrogens is 5. The normalized spacial score (nSPS) is 15.5. The Morgan fingerprint density at radius 2 is 1.72 bits per heavy atom. The van der Waals surface area contributed by atoms with Crippen molar-refractivity contribution in [3.63, 3.8) is 0 Å². The van der Waals surface area contributed by atoms with Gasteiger partial charge in [0.05, 0.1) is 11.3 Å². The Bertz CT molecular complexity index is 1270. The highest BCUT2D eigenvalue weighted by atomic mass is 35.5. The van der Waals surface area contributed by atoms with Crippen LogP contribution in [0.5, 0.6) is 0 Å². The Balaban J connectivity index is 1.66. The van der Waals surface area contributed by atoms with Gasteiger partial charge in [-0.1, -0.05) is 23.7 Å². The molecule has 5 rings (SSSR count). The monoisotopic (exact) mass is 409 g/mol. The summed E-state index contributed by atoms with van der Waals surface area (Å²) in [5.41, 5.74) is 4.06. The van der Waals surface area contributed by atoms with Crippen molar-refractivity contribution in [3.05, 3.63) is 57.6 Å². The van der Waals surface area contributed by atoms with Gasteiger partial charge in [-0.2, -0.15) is 5.10 Å². The minimum Gasteiger partial charge on any atom is -0.307 e. The molecule has 0 bridgehead atoms. The van der Waals surface area contributed by atoms with E-state index in [1.165, 1.54) is 0 Å². The summed E-state index contributed by atoms with van der Waals surface area (Å²) in [6.07, 6.45) is 1.80. The standard InChI is InChI=1S/C20H20ClN7O/c1-13-17(14-3-5-15(21)6-4-14)19-23-22-18-16(28(19)24-13)7-8-27(20(18)29)26-11-9-25(2)10-12-26/h3-8H,9-12H2,1-2H3. The number of hydrogen-bond acceptors (Lipinski definition) is 6. The van der Waals surface area contributed by atoms with Crippen LogP contribution in [0.15, 0.2) is 41.3 Å². The molecule has 148 valence electrons. The Kier molecular flexibility index (Phi) is 4.25. The first-order valence-corrected chi connectivity index (χ1v) is 9.88. The van der Waals surface area contributed by atoms with Crippen molar-refractivity contribution in [2.24, 2.45) is 0 Å². The number of likely N-dealkylation sites (N-methyl/N-ethyl adjacent to an activating group) is 1. The molecule has 0 radical (unpaired) electrons. The van der Waals surface area contributed by atoms with E-state index in [1.54, 1.807) is 15.4 Å². The predicted octanol–water partition coefficient (Wildman–Crippen LogP) is 1.95. The number of halogens is 1. The minimum atomic E-state index is -0.178. The first-order chi connectivity index (χ1) is 14.0. The summed E-state index contributed by atoms with van der Waals surface area (Å²) in [7, 11) is 2.08. The van der Waals surface area contributed by atoms with Gasteiger partial charge in [0.1, 0.15) is 5.52 Å². The van der Waals surface area contributed by atoms with Crippen LogP contribution >= 0.6 is 11.6 Å². The molecule has 0 atom stereocenters. The molecule has 1 aliphatic heterocycles. The number of pyridine rings is 1. The van der Waals surface area contributed by atoms with Gasteiger partial charge in [-0.15, -0.1) is 10.2 Å². The fourth-order valence-electron chi connectivity index (χ4n) is 3.83. The summed E-state index contributed by atoms with van der Waals surface area (Å²) in [5, 5.41) is 16.0. The summed E-state index contributed by atoms with van der Waals surface area (Å²) in [4.78, 5) is 15.3. The van der Waals surface area contributed by atoms with E-state index in [-0.39, 0.29) is 5.56 Å². The Labute approximate surface area is 171 Å². The summed E-state index contributed by atoms with van der Waals surface area (Å²) in [5.74, 6) is 0. The Morgan fingerprint density at radius 1 is 1.00 bits per heavy atom. The molecule has 0 spiro atoms. The number of piperazine rings is 1. The van der Waals surface area contributed by atoms with Gasteiger partial charge in [0, 0.05) is 37.4 Å². The Morgan fingerprint density at radius 3 is 2.45 bits per heavy atom. The molecule has 4 aromatic rings. The number of hydrogen-bond donors (Lipinski definition) is 0. The molecule has 9 heteroatoms. The second kappa shape index (κ2) is 6.82. The molecule has 1 fully saturated rings. The summed E-state index contributed by atoms with van der Waals surface area (Å²) in [6.45, 7) is 5.34. The molecule has 0 amide bonds. The molecule has 0 saturated carbocycles. The van der Waals surface area contributed by atoms with Crippen molar-refractivity contribution in [1.29, 1.82) is 0 Å². The van der Waals surface area contributed by atoms with E-state index in [1.807, 2.05) is 42.3 Å². The summed E-state index contributed by atoms with van der Waals surface area (Å²) >= 11 is 6.02. The number of aryl methyl sites for hydroxylation is 1. The van der Waals surface area contributed by atoms with Crippen LogP contribution in [0.2, 0.25) is 5.02 Å². The van der Waals surface area contributed by atoms with E-state index in [2.05, 4.69) is 27.2 Å². The average Bonchev–Trinajstić information content (AvgIpc) is 3.06. The zero-order valence-electron chi connectivity index (χ0n) is 16.2. The lowest BCUT2D eigenvalue weighted by Crippen LogP contribution is -2.53. The van der Waals surface area contributed by atoms with Crippen LogP contribution in [-0.4, -0.2) is 62.6 Å². The van der Waals surface area contributed by atoms with E-state index < -0.39 is 0 Å². The quantitative estimate of drug-likeness (QED) is 0.504. The van der Waals surface area contributed by atoms with E-state index in [0.29, 0.717) is 21.7 Å². The van der Waals surface area contributed by atoms with Crippen LogP contribution in [0, 0.1) is 6.92 Å². The molecule has 1 aromatic carbocycles. The Hall–Kier alpha value is -2.97. The van der Waals surface area contributed by atoms with Gasteiger partial charge in [-0.3, -0.25) is 4.79 Å². The van der Waals surface area contributed by atoms with Crippen molar-refractivity contribution in [2.45, 2.75) is 6.92 Å². The second-order valence-electron chi connectivity index (χ2n) is 7.36. The van der Waals surface area contributed by atoms with E-state index in [4.69, 9.17) is 11.6 Å². The second-order valence-corrected chi connectivity index (χ2v) is 7.80. The van der Waals surface area contributed by atoms with Gasteiger partial charge in [-0.05, 0) is 37.7 Å². The minimum absolute atomic E-state index is 0.178. The highest BCUT2D eigenvalue weighted by Gasteiger charge is 2.20. The van der Waals surface area contributed by atoms with Crippen LogP contribution in [0.4, 0.5) is 0 Å². The summed E-state index contributed by atoms with van der Waals surface area (Å²) in [6, 6.07) is 9.42. The van der Waals surface area contributed by atoms with Gasteiger partial charge in [0.2, 0.25) is 0 Å². The van der Waals surface area contributed by atoms with Crippen LogP contribution in [-0.2, 0) is 0 Å². The molecule has 3 aromatic heterocycles. The van der Waals surface area contributed by atoms with Crippen molar-refractivity contribution >= 4 is 28.3 Å². The van der Waals surface area contributed by atoms with E-state index >= 15 is 0 Å². The van der Waals surface area contributed by atoms with Crippen molar-refractivity contribution < 1.29 is 0 Å². The molecule has 29 heavy (non-hydrogen) atoms. The smallest absolute Gasteiger partial charge is 0.298 e.